The Labute approximate surface area is 149 Å². The number of hydrogen-bond donors (Lipinski definition) is 1. The molecule has 0 radical (unpaired) electrons. The van der Waals surface area contributed by atoms with Crippen LogP contribution in [0.15, 0.2) is 18.2 Å². The van der Waals surface area contributed by atoms with Crippen molar-refractivity contribution >= 4 is 5.91 Å². The SMILES string of the molecule is CC[C@H](CO)C(=O)N1CC2(CC[C@@H](c3cccc(C4CC4)c3F)C2)C1. The summed E-state index contributed by atoms with van der Waals surface area (Å²) < 4.78 is 14.9. The molecule has 1 spiro atoms. The molecule has 1 N–H and O–H groups in total. The van der Waals surface area contributed by atoms with Crippen molar-refractivity contribution in [1.82, 2.24) is 4.90 Å². The molecule has 1 heterocycles. The maximum atomic E-state index is 14.9. The fourth-order valence-corrected chi connectivity index (χ4v) is 4.91. The van der Waals surface area contributed by atoms with E-state index in [0.717, 1.165) is 56.3 Å². The van der Waals surface area contributed by atoms with Crippen LogP contribution in [0, 0.1) is 17.2 Å². The van der Waals surface area contributed by atoms with Gasteiger partial charge in [-0.1, -0.05) is 25.1 Å². The molecule has 3 nitrogen and oxygen atoms in total. The van der Waals surface area contributed by atoms with Crippen LogP contribution in [0.2, 0.25) is 0 Å². The summed E-state index contributed by atoms with van der Waals surface area (Å²) in [5, 5.41) is 9.33. The Balaban J connectivity index is 1.42. The number of carbonyl (C=O) groups excluding carboxylic acids is 1. The van der Waals surface area contributed by atoms with E-state index in [1.165, 1.54) is 0 Å². The van der Waals surface area contributed by atoms with Crippen molar-refractivity contribution in [3.63, 3.8) is 0 Å². The van der Waals surface area contributed by atoms with Crippen LogP contribution >= 0.6 is 0 Å². The van der Waals surface area contributed by atoms with Crippen molar-refractivity contribution in [3.8, 4) is 0 Å². The van der Waals surface area contributed by atoms with Crippen LogP contribution in [0.5, 0.6) is 0 Å². The normalized spacial score (nSPS) is 25.9. The molecule has 2 atom stereocenters. The Morgan fingerprint density at radius 3 is 2.56 bits per heavy atom. The minimum atomic E-state index is -0.262. The first-order valence-electron chi connectivity index (χ1n) is 9.75. The van der Waals surface area contributed by atoms with Crippen LogP contribution < -0.4 is 0 Å². The maximum Gasteiger partial charge on any atom is 0.228 e. The molecule has 25 heavy (non-hydrogen) atoms. The van der Waals surface area contributed by atoms with E-state index in [1.54, 1.807) is 0 Å². The van der Waals surface area contributed by atoms with Crippen LogP contribution in [0.25, 0.3) is 0 Å². The van der Waals surface area contributed by atoms with Gasteiger partial charge in [0.15, 0.2) is 0 Å². The van der Waals surface area contributed by atoms with Crippen molar-refractivity contribution in [3.05, 3.63) is 35.1 Å². The van der Waals surface area contributed by atoms with Crippen molar-refractivity contribution in [2.24, 2.45) is 11.3 Å². The zero-order valence-electron chi connectivity index (χ0n) is 15.0. The summed E-state index contributed by atoms with van der Waals surface area (Å²) in [6.45, 7) is 3.43. The van der Waals surface area contributed by atoms with E-state index in [2.05, 4.69) is 0 Å². The fourth-order valence-electron chi connectivity index (χ4n) is 4.91. The van der Waals surface area contributed by atoms with Gasteiger partial charge in [0.25, 0.3) is 0 Å². The molecule has 4 rings (SSSR count). The average molecular weight is 345 g/mol. The summed E-state index contributed by atoms with van der Waals surface area (Å²) in [6.07, 6.45) is 6.00. The zero-order valence-corrected chi connectivity index (χ0v) is 15.0. The molecule has 2 saturated carbocycles. The first-order chi connectivity index (χ1) is 12.1. The minimum absolute atomic E-state index is 0.0330. The Morgan fingerprint density at radius 1 is 1.28 bits per heavy atom. The third-order valence-electron chi connectivity index (χ3n) is 6.64. The van der Waals surface area contributed by atoms with Gasteiger partial charge in [0, 0.05) is 18.5 Å². The predicted octanol–water partition coefficient (Wildman–Crippen LogP) is 3.82. The largest absolute Gasteiger partial charge is 0.396 e. The lowest BCUT2D eigenvalue weighted by Crippen LogP contribution is -2.58. The highest BCUT2D eigenvalue weighted by atomic mass is 19.1. The van der Waals surface area contributed by atoms with Crippen LogP contribution in [0.4, 0.5) is 4.39 Å². The lowest BCUT2D eigenvalue weighted by molar-refractivity contribution is -0.149. The van der Waals surface area contributed by atoms with Gasteiger partial charge in [-0.3, -0.25) is 4.79 Å². The minimum Gasteiger partial charge on any atom is -0.396 e. The third kappa shape index (κ3) is 2.99. The van der Waals surface area contributed by atoms with Gasteiger partial charge >= 0.3 is 0 Å². The summed E-state index contributed by atoms with van der Waals surface area (Å²) in [6, 6.07) is 5.93. The van der Waals surface area contributed by atoms with Gasteiger partial charge in [-0.25, -0.2) is 4.39 Å². The molecule has 1 aromatic carbocycles. The number of carbonyl (C=O) groups is 1. The number of likely N-dealkylation sites (tertiary alicyclic amines) is 1. The average Bonchev–Trinajstić information content (AvgIpc) is 3.32. The van der Waals surface area contributed by atoms with E-state index in [4.69, 9.17) is 0 Å². The van der Waals surface area contributed by atoms with Crippen molar-refractivity contribution in [2.45, 2.75) is 57.3 Å². The lowest BCUT2D eigenvalue weighted by atomic mass is 9.76. The fraction of sp³-hybridized carbons (Fsp3) is 0.667. The smallest absolute Gasteiger partial charge is 0.228 e. The molecule has 1 aliphatic heterocycles. The van der Waals surface area contributed by atoms with E-state index >= 15 is 0 Å². The van der Waals surface area contributed by atoms with E-state index < -0.39 is 0 Å². The number of amides is 1. The van der Waals surface area contributed by atoms with Gasteiger partial charge < -0.3 is 10.0 Å². The monoisotopic (exact) mass is 345 g/mol. The van der Waals surface area contributed by atoms with E-state index in [0.29, 0.717) is 12.3 Å². The standard InChI is InChI=1S/C21H28FNO2/c1-2-14(11-24)20(25)23-12-21(13-23)9-8-16(10-21)18-5-3-4-17(19(18)22)15-6-7-15/h3-5,14-16,24H,2,6-13H2,1H3/t14-,16-/m1/s1. The van der Waals surface area contributed by atoms with Gasteiger partial charge in [0.1, 0.15) is 5.82 Å². The Hall–Kier alpha value is -1.42. The molecule has 1 aromatic rings. The zero-order chi connectivity index (χ0) is 17.6. The number of aliphatic hydroxyl groups is 1. The Kier molecular flexibility index (Phi) is 4.35. The Bertz CT molecular complexity index is 660. The maximum absolute atomic E-state index is 14.9. The summed E-state index contributed by atoms with van der Waals surface area (Å²) in [5.41, 5.74) is 1.99. The topological polar surface area (TPSA) is 40.5 Å². The number of rotatable bonds is 5. The van der Waals surface area contributed by atoms with Crippen molar-refractivity contribution in [2.75, 3.05) is 19.7 Å². The first kappa shape index (κ1) is 17.0. The van der Waals surface area contributed by atoms with Gasteiger partial charge in [0.2, 0.25) is 5.91 Å². The second kappa shape index (κ2) is 6.39. The Morgan fingerprint density at radius 2 is 1.96 bits per heavy atom. The van der Waals surface area contributed by atoms with E-state index in [1.807, 2.05) is 30.0 Å². The van der Waals surface area contributed by atoms with Gasteiger partial charge in [-0.2, -0.15) is 0 Å². The second-order valence-corrected chi connectivity index (χ2v) is 8.45. The van der Waals surface area contributed by atoms with Crippen LogP contribution in [0.3, 0.4) is 0 Å². The molecule has 1 amide bonds. The highest BCUT2D eigenvalue weighted by molar-refractivity contribution is 5.80. The van der Waals surface area contributed by atoms with Crippen molar-refractivity contribution < 1.29 is 14.3 Å². The summed E-state index contributed by atoms with van der Waals surface area (Å²) >= 11 is 0. The van der Waals surface area contributed by atoms with Gasteiger partial charge in [-0.05, 0) is 61.5 Å². The predicted molar refractivity (Wildman–Crippen MR) is 94.8 cm³/mol. The summed E-state index contributed by atoms with van der Waals surface area (Å²) in [5.74, 6) is 0.584. The molecule has 136 valence electrons. The quantitative estimate of drug-likeness (QED) is 0.881. The van der Waals surface area contributed by atoms with Crippen molar-refractivity contribution in [1.29, 1.82) is 0 Å². The van der Waals surface area contributed by atoms with Crippen LogP contribution in [-0.4, -0.2) is 35.6 Å². The van der Waals surface area contributed by atoms with Gasteiger partial charge in [0.05, 0.1) is 12.5 Å². The van der Waals surface area contributed by atoms with Gasteiger partial charge in [-0.15, -0.1) is 0 Å². The molecule has 0 bridgehead atoms. The molecule has 3 aliphatic rings. The lowest BCUT2D eigenvalue weighted by Gasteiger charge is -2.49. The van der Waals surface area contributed by atoms with E-state index in [-0.39, 0.29) is 35.6 Å². The second-order valence-electron chi connectivity index (χ2n) is 8.45. The molecular weight excluding hydrogens is 317 g/mol. The summed E-state index contributed by atoms with van der Waals surface area (Å²) in [4.78, 5) is 14.3. The molecule has 3 fully saturated rings. The molecular formula is C21H28FNO2. The number of benzene rings is 1. The molecule has 0 unspecified atom stereocenters. The molecule has 2 aliphatic carbocycles. The third-order valence-corrected chi connectivity index (χ3v) is 6.64. The van der Waals surface area contributed by atoms with E-state index in [9.17, 15) is 14.3 Å². The number of nitrogens with zero attached hydrogens (tertiary/aromatic N) is 1. The highest BCUT2D eigenvalue weighted by Gasteiger charge is 2.50. The van der Waals surface area contributed by atoms with Crippen LogP contribution in [-0.2, 0) is 4.79 Å². The highest BCUT2D eigenvalue weighted by Crippen LogP contribution is 2.53. The molecule has 1 saturated heterocycles. The number of hydrogen-bond acceptors (Lipinski definition) is 2. The first-order valence-corrected chi connectivity index (χ1v) is 9.75. The number of aliphatic hydroxyl groups excluding tert-OH is 1. The summed E-state index contributed by atoms with van der Waals surface area (Å²) in [7, 11) is 0. The van der Waals surface area contributed by atoms with Crippen LogP contribution in [0.1, 0.15) is 68.4 Å². The number of halogens is 1. The molecule has 4 heteroatoms. The molecule has 0 aromatic heterocycles.